The van der Waals surface area contributed by atoms with Crippen molar-refractivity contribution >= 4 is 0 Å². The van der Waals surface area contributed by atoms with Gasteiger partial charge in [0.2, 0.25) is 5.88 Å². The fraction of sp³-hybridized carbons (Fsp3) is 0.556. The topological polar surface area (TPSA) is 35.0 Å². The van der Waals surface area contributed by atoms with Gasteiger partial charge < -0.3 is 4.74 Å². The number of aromatic nitrogens is 2. The summed E-state index contributed by atoms with van der Waals surface area (Å²) in [6.07, 6.45) is -0.222. The monoisotopic (exact) mass is 171 g/mol. The minimum absolute atomic E-state index is 0.181. The lowest BCUT2D eigenvalue weighted by Gasteiger charge is -2.06. The van der Waals surface area contributed by atoms with Crippen LogP contribution in [0.15, 0.2) is 12.3 Å². The van der Waals surface area contributed by atoms with Crippen LogP contribution >= 0.6 is 0 Å². The highest BCUT2D eigenvalue weighted by Crippen LogP contribution is 2.14. The Morgan fingerprint density at radius 3 is 3.00 bits per heavy atom. The van der Waals surface area contributed by atoms with Gasteiger partial charge in [0.1, 0.15) is 5.69 Å². The number of hydrogen-bond donors (Lipinski definition) is 0. The minimum atomic E-state index is -2.63. The van der Waals surface area contributed by atoms with E-state index in [2.05, 4.69) is 9.97 Å². The summed E-state index contributed by atoms with van der Waals surface area (Å²) in [6.45, 7) is 3.86. The lowest BCUT2D eigenvalue weighted by atomic mass is 10.1. The fourth-order valence-corrected chi connectivity index (χ4v) is 0.882. The van der Waals surface area contributed by atoms with Crippen LogP contribution in [0.1, 0.15) is 26.4 Å². The van der Waals surface area contributed by atoms with E-state index in [0.717, 1.165) is 0 Å². The lowest BCUT2D eigenvalue weighted by molar-refractivity contribution is 0.386. The molecule has 1 rings (SSSR count). The molecule has 0 N–H and O–H groups in total. The van der Waals surface area contributed by atoms with Crippen molar-refractivity contribution in [2.45, 2.75) is 20.3 Å². The Bertz CT molecular complexity index is 405. The van der Waals surface area contributed by atoms with Gasteiger partial charge in [0.05, 0.1) is 13.9 Å². The van der Waals surface area contributed by atoms with Gasteiger partial charge >= 0.3 is 0 Å². The molecule has 0 saturated heterocycles. The summed E-state index contributed by atoms with van der Waals surface area (Å²) >= 11 is 0. The van der Waals surface area contributed by atoms with Gasteiger partial charge in [-0.05, 0) is 12.3 Å². The second-order valence-electron chi connectivity index (χ2n) is 2.90. The summed E-state index contributed by atoms with van der Waals surface area (Å²) in [5.74, 6) is 0.0407. The van der Waals surface area contributed by atoms with Crippen molar-refractivity contribution in [3.8, 4) is 5.88 Å². The molecule has 0 aliphatic rings. The summed E-state index contributed by atoms with van der Waals surface area (Å²) in [6, 6.07) is 0. The molecule has 3 nitrogen and oxygen atoms in total. The number of methoxy groups -OCH3 is 1. The van der Waals surface area contributed by atoms with Gasteiger partial charge in [-0.2, -0.15) is 0 Å². The molecule has 0 aromatic carbocycles. The predicted molar refractivity (Wildman–Crippen MR) is 47.1 cm³/mol. The summed E-state index contributed by atoms with van der Waals surface area (Å²) in [5.41, 5.74) is 0.303. The van der Waals surface area contributed by atoms with Crippen molar-refractivity contribution in [3.63, 3.8) is 0 Å². The third-order valence-corrected chi connectivity index (χ3v) is 1.34. The molecule has 1 aromatic heterocycles. The zero-order valence-electron chi connectivity index (χ0n) is 12.1. The van der Waals surface area contributed by atoms with Gasteiger partial charge in [0.15, 0.2) is 0 Å². The fourth-order valence-electron chi connectivity index (χ4n) is 0.882. The van der Waals surface area contributed by atoms with Crippen molar-refractivity contribution in [1.29, 1.82) is 0 Å². The van der Waals surface area contributed by atoms with Crippen LogP contribution in [-0.2, 0) is 6.42 Å². The predicted octanol–water partition coefficient (Wildman–Crippen LogP) is 1.68. The normalized spacial score (nSPS) is 17.4. The van der Waals surface area contributed by atoms with E-state index in [1.807, 2.05) is 13.8 Å². The van der Waals surface area contributed by atoms with Gasteiger partial charge in [-0.25, -0.2) is 4.98 Å². The van der Waals surface area contributed by atoms with Gasteiger partial charge in [-0.3, -0.25) is 4.98 Å². The number of rotatable bonds is 3. The Labute approximate surface area is 79.8 Å². The largest absolute Gasteiger partial charge is 0.480 e. The van der Waals surface area contributed by atoms with Gasteiger partial charge in [0, 0.05) is 12.3 Å². The molecule has 0 saturated carbocycles. The molecule has 1 heterocycles. The van der Waals surface area contributed by atoms with Crippen molar-refractivity contribution < 1.29 is 11.6 Å². The van der Waals surface area contributed by atoms with E-state index in [9.17, 15) is 0 Å². The Hall–Kier alpha value is -1.12. The van der Waals surface area contributed by atoms with Crippen LogP contribution in [0.2, 0.25) is 0 Å². The third-order valence-electron chi connectivity index (χ3n) is 1.34. The first kappa shape index (κ1) is 4.21. The molecule has 12 heavy (non-hydrogen) atoms. The Kier molecular flexibility index (Phi) is 1.42. The standard InChI is InChI=1S/C9H14N2O/c1-7(2)6-8-9(12-3)11-5-4-10-8/h4-5,7H,6H2,1-3H3/i3D3,4D,5D. The van der Waals surface area contributed by atoms with Crippen LogP contribution in [0.5, 0.6) is 5.88 Å². The Morgan fingerprint density at radius 1 is 1.58 bits per heavy atom. The zero-order valence-corrected chi connectivity index (χ0v) is 7.09. The molecule has 0 spiro atoms. The second-order valence-corrected chi connectivity index (χ2v) is 2.90. The van der Waals surface area contributed by atoms with Crippen LogP contribution in [-0.4, -0.2) is 17.0 Å². The van der Waals surface area contributed by atoms with Gasteiger partial charge in [-0.15, -0.1) is 0 Å². The molecule has 0 aliphatic carbocycles. The Balaban J connectivity index is 3.11. The molecule has 0 radical (unpaired) electrons. The highest BCUT2D eigenvalue weighted by Gasteiger charge is 2.06. The smallest absolute Gasteiger partial charge is 0.235 e. The maximum atomic E-state index is 7.38. The van der Waals surface area contributed by atoms with E-state index in [1.165, 1.54) is 0 Å². The van der Waals surface area contributed by atoms with E-state index in [-0.39, 0.29) is 18.0 Å². The van der Waals surface area contributed by atoms with Crippen LogP contribution in [0, 0.1) is 5.92 Å². The van der Waals surface area contributed by atoms with Crippen molar-refractivity contribution in [1.82, 2.24) is 9.97 Å². The number of ether oxygens (including phenoxy) is 1. The molecule has 66 valence electrons. The molecule has 0 atom stereocenters. The summed E-state index contributed by atoms with van der Waals surface area (Å²) in [5, 5.41) is 0. The molecular weight excluding hydrogens is 152 g/mol. The highest BCUT2D eigenvalue weighted by atomic mass is 16.5. The van der Waals surface area contributed by atoms with Crippen molar-refractivity contribution in [2.24, 2.45) is 5.92 Å². The van der Waals surface area contributed by atoms with Gasteiger partial charge in [0.25, 0.3) is 0 Å². The highest BCUT2D eigenvalue weighted by molar-refractivity contribution is 5.17. The van der Waals surface area contributed by atoms with E-state index in [0.29, 0.717) is 12.1 Å². The summed E-state index contributed by atoms with van der Waals surface area (Å²) < 4.78 is 40.4. The van der Waals surface area contributed by atoms with Crippen LogP contribution in [0.4, 0.5) is 0 Å². The quantitative estimate of drug-likeness (QED) is 0.694. The summed E-state index contributed by atoms with van der Waals surface area (Å²) in [4.78, 5) is 7.48. The van der Waals surface area contributed by atoms with E-state index in [4.69, 9.17) is 11.6 Å². The maximum Gasteiger partial charge on any atom is 0.235 e. The van der Waals surface area contributed by atoms with E-state index < -0.39 is 13.2 Å². The van der Waals surface area contributed by atoms with E-state index >= 15 is 0 Å². The van der Waals surface area contributed by atoms with Crippen LogP contribution in [0.25, 0.3) is 0 Å². The lowest BCUT2D eigenvalue weighted by Crippen LogP contribution is -2.01. The van der Waals surface area contributed by atoms with Crippen LogP contribution in [0.3, 0.4) is 0 Å². The number of nitrogens with zero attached hydrogens (tertiary/aromatic N) is 2. The minimum Gasteiger partial charge on any atom is -0.480 e. The summed E-state index contributed by atoms with van der Waals surface area (Å²) in [7, 11) is -2.63. The number of hydrogen-bond acceptors (Lipinski definition) is 3. The van der Waals surface area contributed by atoms with Crippen LogP contribution < -0.4 is 4.74 Å². The maximum absolute atomic E-state index is 7.38. The first-order valence-electron chi connectivity index (χ1n) is 6.22. The van der Waals surface area contributed by atoms with E-state index in [1.54, 1.807) is 0 Å². The molecule has 0 amide bonds. The average Bonchev–Trinajstić information content (AvgIpc) is 2.10. The Morgan fingerprint density at radius 2 is 2.33 bits per heavy atom. The van der Waals surface area contributed by atoms with Crippen molar-refractivity contribution in [3.05, 3.63) is 18.0 Å². The molecular formula is C9H14N2O. The molecule has 3 heteroatoms. The second kappa shape index (κ2) is 4.04. The SMILES string of the molecule is [2H]c1nc(CC(C)C)c(OC([2H])([2H])[2H])nc1[2H]. The third kappa shape index (κ3) is 2.19. The molecule has 0 fully saturated rings. The first-order chi connectivity index (χ1) is 7.69. The average molecular weight is 171 g/mol. The first-order valence-corrected chi connectivity index (χ1v) is 3.72. The zero-order chi connectivity index (χ0) is 13.2. The molecule has 1 aromatic rings. The van der Waals surface area contributed by atoms with Gasteiger partial charge in [-0.1, -0.05) is 13.8 Å². The molecule has 0 bridgehead atoms. The molecule has 0 aliphatic heterocycles. The molecule has 0 unspecified atom stereocenters. The van der Waals surface area contributed by atoms with Crippen molar-refractivity contribution in [2.75, 3.05) is 7.04 Å².